The topological polar surface area (TPSA) is 145 Å². The van der Waals surface area contributed by atoms with Crippen LogP contribution in [-0.4, -0.2) is 84.4 Å². The Morgan fingerprint density at radius 2 is 0.771 bits per heavy atom. The van der Waals surface area contributed by atoms with Gasteiger partial charge in [0, 0.05) is 35.0 Å². The second-order valence-corrected chi connectivity index (χ2v) is 16.2. The van der Waals surface area contributed by atoms with Gasteiger partial charge in [0.1, 0.15) is 19.8 Å². The van der Waals surface area contributed by atoms with E-state index in [4.69, 9.17) is 14.2 Å². The fourth-order valence-electron chi connectivity index (χ4n) is 4.08. The van der Waals surface area contributed by atoms with E-state index in [-0.39, 0.29) is 58.7 Å². The van der Waals surface area contributed by atoms with Crippen molar-refractivity contribution in [2.24, 2.45) is 0 Å². The second kappa shape index (κ2) is 25.8. The van der Waals surface area contributed by atoms with Gasteiger partial charge < -0.3 is 14.2 Å². The molecule has 3 atom stereocenters. The van der Waals surface area contributed by atoms with Gasteiger partial charge in [-0.2, -0.15) is 35.3 Å². The van der Waals surface area contributed by atoms with E-state index in [1.807, 2.05) is 0 Å². The Labute approximate surface area is 297 Å². The van der Waals surface area contributed by atoms with Gasteiger partial charge in [-0.25, -0.2) is 28.1 Å². The maximum Gasteiger partial charge on any atom is 0.336 e. The molecule has 0 bridgehead atoms. The van der Waals surface area contributed by atoms with E-state index in [1.165, 1.54) is 0 Å². The molecule has 0 amide bonds. The normalized spacial score (nSPS) is 13.1. The molecule has 1 aromatic heterocycles. The molecular weight excluding hydrogens is 679 g/mol. The molecule has 276 valence electrons. The smallest absolute Gasteiger partial charge is 0.336 e. The third-order valence-corrected chi connectivity index (χ3v) is 11.9. The van der Waals surface area contributed by atoms with Crippen molar-refractivity contribution in [1.29, 1.82) is 0 Å². The lowest BCUT2D eigenvalue weighted by Crippen LogP contribution is -2.55. The third-order valence-electron chi connectivity index (χ3n) is 7.63. The lowest BCUT2D eigenvalue weighted by Gasteiger charge is -2.15. The average Bonchev–Trinajstić information content (AvgIpc) is 3.07. The molecule has 15 heteroatoms. The average molecular weight is 736 g/mol. The Hall–Kier alpha value is -2.13. The molecule has 0 saturated heterocycles. The minimum Gasteiger partial charge on any atom is -0.464 e. The molecule has 3 unspecified atom stereocenters. The molecule has 0 saturated carbocycles. The number of nitrogens with zero attached hydrogens (tertiary/aromatic N) is 3. The van der Waals surface area contributed by atoms with Crippen LogP contribution in [0.3, 0.4) is 0 Å². The van der Waals surface area contributed by atoms with Crippen LogP contribution in [0.1, 0.15) is 99.3 Å². The molecular formula is C33H57N3O9S3. The minimum atomic E-state index is -0.904. The summed E-state index contributed by atoms with van der Waals surface area (Å²) in [6, 6.07) is 0. The zero-order chi connectivity index (χ0) is 35.9. The summed E-state index contributed by atoms with van der Waals surface area (Å²) in [6.07, 6.45) is 5.73. The van der Waals surface area contributed by atoms with Crippen molar-refractivity contribution >= 4 is 53.2 Å². The van der Waals surface area contributed by atoms with Gasteiger partial charge >= 0.3 is 35.0 Å². The monoisotopic (exact) mass is 735 g/mol. The number of carbonyl (C=O) groups is 3. The fraction of sp³-hybridized carbons (Fsp3) is 0.818. The molecule has 0 N–H and O–H groups in total. The number of esters is 3. The van der Waals surface area contributed by atoms with Crippen molar-refractivity contribution < 1.29 is 28.6 Å². The first kappa shape index (κ1) is 43.9. The van der Waals surface area contributed by atoms with Gasteiger partial charge in [0.2, 0.25) is 0 Å². The van der Waals surface area contributed by atoms with Crippen LogP contribution in [0.2, 0.25) is 0 Å². The molecule has 48 heavy (non-hydrogen) atoms. The van der Waals surface area contributed by atoms with Crippen LogP contribution in [0.4, 0.5) is 0 Å². The van der Waals surface area contributed by atoms with Crippen molar-refractivity contribution in [1.82, 2.24) is 13.7 Å². The highest BCUT2D eigenvalue weighted by Crippen LogP contribution is 2.17. The molecule has 0 fully saturated rings. The number of hydrogen-bond donors (Lipinski definition) is 0. The minimum absolute atomic E-state index is 0.214. The van der Waals surface area contributed by atoms with E-state index in [9.17, 15) is 28.8 Å². The Kier molecular flexibility index (Phi) is 23.6. The van der Waals surface area contributed by atoms with Crippen LogP contribution in [0.5, 0.6) is 0 Å². The Morgan fingerprint density at radius 3 is 1.00 bits per heavy atom. The van der Waals surface area contributed by atoms with Crippen LogP contribution in [-0.2, 0) is 48.2 Å². The van der Waals surface area contributed by atoms with E-state index >= 15 is 0 Å². The van der Waals surface area contributed by atoms with E-state index in [1.54, 1.807) is 35.3 Å². The van der Waals surface area contributed by atoms with Crippen LogP contribution in [0, 0.1) is 0 Å². The van der Waals surface area contributed by atoms with E-state index < -0.39 is 35.0 Å². The number of ether oxygens (including phenoxy) is 3. The van der Waals surface area contributed by atoms with E-state index in [2.05, 4.69) is 41.5 Å². The number of hydrogen-bond acceptors (Lipinski definition) is 12. The molecule has 0 aliphatic heterocycles. The predicted octanol–water partition coefficient (Wildman–Crippen LogP) is 4.74. The second-order valence-electron chi connectivity index (χ2n) is 11.5. The first-order chi connectivity index (χ1) is 22.9. The van der Waals surface area contributed by atoms with Crippen molar-refractivity contribution in [3.05, 3.63) is 31.5 Å². The van der Waals surface area contributed by atoms with Gasteiger partial charge in [-0.3, -0.25) is 14.4 Å². The summed E-state index contributed by atoms with van der Waals surface area (Å²) in [4.78, 5) is 76.5. The van der Waals surface area contributed by atoms with Gasteiger partial charge in [-0.05, 0) is 55.8 Å². The van der Waals surface area contributed by atoms with Gasteiger partial charge in [-0.1, -0.05) is 41.5 Å². The summed E-state index contributed by atoms with van der Waals surface area (Å²) in [6.45, 7) is 11.2. The molecule has 12 nitrogen and oxygen atoms in total. The standard InChI is InChI=1S/C33H57N3O9S3/c1-7-25(4)46-22-10-13-28(37)43-19-16-34-31(40)35(17-20-44-29(38)14-11-23-47-26(5)8-2)33(42)36(32(34)41)18-21-45-30(39)15-12-24-48-27(6)9-3/h25-27H,7-24H2,1-6H3. The molecule has 0 aromatic carbocycles. The van der Waals surface area contributed by atoms with Crippen LogP contribution in [0.15, 0.2) is 14.4 Å². The van der Waals surface area contributed by atoms with Gasteiger partial charge in [0.05, 0.1) is 19.6 Å². The van der Waals surface area contributed by atoms with E-state index in [0.717, 1.165) is 50.2 Å². The quantitative estimate of drug-likeness (QED) is 0.0700. The first-order valence-corrected chi connectivity index (χ1v) is 20.4. The zero-order valence-corrected chi connectivity index (χ0v) is 32.2. The van der Waals surface area contributed by atoms with Crippen LogP contribution >= 0.6 is 35.3 Å². The maximum atomic E-state index is 13.3. The predicted molar refractivity (Wildman–Crippen MR) is 196 cm³/mol. The van der Waals surface area contributed by atoms with Crippen molar-refractivity contribution in [2.75, 3.05) is 37.1 Å². The van der Waals surface area contributed by atoms with Crippen molar-refractivity contribution in [2.45, 2.75) is 135 Å². The number of aromatic nitrogens is 3. The van der Waals surface area contributed by atoms with Gasteiger partial charge in [-0.15, -0.1) is 0 Å². The molecule has 0 spiro atoms. The maximum absolute atomic E-state index is 13.3. The molecule has 0 aliphatic carbocycles. The molecule has 0 aliphatic rings. The van der Waals surface area contributed by atoms with Crippen molar-refractivity contribution in [3.8, 4) is 0 Å². The zero-order valence-electron chi connectivity index (χ0n) is 29.7. The molecule has 1 aromatic rings. The summed E-state index contributed by atoms with van der Waals surface area (Å²) in [5, 5.41) is 1.53. The number of rotatable bonds is 27. The van der Waals surface area contributed by atoms with Gasteiger partial charge in [0.15, 0.2) is 0 Å². The highest BCUT2D eigenvalue weighted by molar-refractivity contribution is 8.00. The Balaban J connectivity index is 2.91. The highest BCUT2D eigenvalue weighted by atomic mass is 32.2. The summed E-state index contributed by atoms with van der Waals surface area (Å²) >= 11 is 5.35. The SMILES string of the molecule is CCC(C)SCCCC(=O)OCCn1c(=O)n(CCOC(=O)CCCSC(C)CC)c(=O)n(CCOC(=O)CCCSC(C)CC)c1=O. The first-order valence-electron chi connectivity index (χ1n) is 17.2. The third kappa shape index (κ3) is 18.0. The largest absolute Gasteiger partial charge is 0.464 e. The summed E-state index contributed by atoms with van der Waals surface area (Å²) in [5.74, 6) is 1.15. The van der Waals surface area contributed by atoms with Crippen LogP contribution in [0.25, 0.3) is 0 Å². The van der Waals surface area contributed by atoms with Crippen LogP contribution < -0.4 is 17.1 Å². The summed E-state index contributed by atoms with van der Waals surface area (Å²) in [7, 11) is 0. The highest BCUT2D eigenvalue weighted by Gasteiger charge is 2.17. The van der Waals surface area contributed by atoms with Crippen molar-refractivity contribution in [3.63, 3.8) is 0 Å². The Bertz CT molecular complexity index is 1100. The lowest BCUT2D eigenvalue weighted by molar-refractivity contribution is -0.144. The number of carbonyl (C=O) groups excluding carboxylic acids is 3. The summed E-state index contributed by atoms with van der Waals surface area (Å²) in [5.41, 5.74) is -2.71. The lowest BCUT2D eigenvalue weighted by atomic mass is 10.3. The number of thioether (sulfide) groups is 3. The molecule has 0 radical (unpaired) electrons. The molecule has 1 rings (SSSR count). The molecule has 1 heterocycles. The fourth-order valence-corrected chi connectivity index (χ4v) is 6.93. The Morgan fingerprint density at radius 1 is 0.521 bits per heavy atom. The summed E-state index contributed by atoms with van der Waals surface area (Å²) < 4.78 is 18.3. The van der Waals surface area contributed by atoms with E-state index in [0.29, 0.717) is 35.0 Å². The van der Waals surface area contributed by atoms with Gasteiger partial charge in [0.25, 0.3) is 0 Å².